The van der Waals surface area contributed by atoms with Gasteiger partial charge in [-0.1, -0.05) is 18.2 Å². The molecule has 0 bridgehead atoms. The van der Waals surface area contributed by atoms with Gasteiger partial charge in [-0.25, -0.2) is 0 Å². The van der Waals surface area contributed by atoms with Gasteiger partial charge in [-0.05, 0) is 38.6 Å². The summed E-state index contributed by atoms with van der Waals surface area (Å²) < 4.78 is 0. The van der Waals surface area contributed by atoms with Crippen molar-refractivity contribution in [3.05, 3.63) is 36.0 Å². The molecule has 1 aliphatic rings. The number of nitrogens with one attached hydrogen (secondary N) is 2. The SMILES string of the molecule is CN(C)C(CNC1CC1)c1c[nH]c2ccccc12. The normalized spacial score (nSPS) is 17.5. The van der Waals surface area contributed by atoms with Crippen LogP contribution in [-0.4, -0.2) is 36.6 Å². The van der Waals surface area contributed by atoms with Crippen LogP contribution in [-0.2, 0) is 0 Å². The first-order valence-electron chi connectivity index (χ1n) is 6.71. The van der Waals surface area contributed by atoms with Crippen LogP contribution in [0.1, 0.15) is 24.4 Å². The molecule has 0 amide bonds. The Morgan fingerprint density at radius 2 is 2.11 bits per heavy atom. The summed E-state index contributed by atoms with van der Waals surface area (Å²) >= 11 is 0. The van der Waals surface area contributed by atoms with E-state index in [2.05, 4.69) is 59.8 Å². The first kappa shape index (κ1) is 11.8. The fourth-order valence-corrected chi connectivity index (χ4v) is 2.51. The summed E-state index contributed by atoms with van der Waals surface area (Å²) in [7, 11) is 4.31. The number of likely N-dealkylation sites (N-methyl/N-ethyl adjacent to an activating group) is 1. The molecule has 0 aliphatic heterocycles. The number of hydrogen-bond donors (Lipinski definition) is 2. The smallest absolute Gasteiger partial charge is 0.0488 e. The molecule has 1 heterocycles. The lowest BCUT2D eigenvalue weighted by Crippen LogP contribution is -2.32. The van der Waals surface area contributed by atoms with E-state index in [1.54, 1.807) is 0 Å². The quantitative estimate of drug-likeness (QED) is 0.845. The summed E-state index contributed by atoms with van der Waals surface area (Å²) in [6.45, 7) is 1.03. The summed E-state index contributed by atoms with van der Waals surface area (Å²) in [6, 6.07) is 9.73. The number of aromatic nitrogens is 1. The second-order valence-corrected chi connectivity index (χ2v) is 5.45. The van der Waals surface area contributed by atoms with Crippen molar-refractivity contribution in [3.8, 4) is 0 Å². The molecule has 2 N–H and O–H groups in total. The Hall–Kier alpha value is -1.32. The molecule has 3 rings (SSSR count). The molecular formula is C15H21N3. The molecule has 0 radical (unpaired) electrons. The first-order chi connectivity index (χ1) is 8.75. The zero-order chi connectivity index (χ0) is 12.5. The van der Waals surface area contributed by atoms with Crippen LogP contribution in [0.25, 0.3) is 10.9 Å². The highest BCUT2D eigenvalue weighted by Crippen LogP contribution is 2.27. The number of fused-ring (bicyclic) bond motifs is 1. The maximum Gasteiger partial charge on any atom is 0.0488 e. The van der Waals surface area contributed by atoms with Crippen molar-refractivity contribution in [2.75, 3.05) is 20.6 Å². The Morgan fingerprint density at radius 3 is 2.83 bits per heavy atom. The van der Waals surface area contributed by atoms with E-state index in [1.165, 1.54) is 29.3 Å². The number of hydrogen-bond acceptors (Lipinski definition) is 2. The van der Waals surface area contributed by atoms with Crippen LogP contribution in [0.3, 0.4) is 0 Å². The molecule has 1 unspecified atom stereocenters. The molecule has 1 saturated carbocycles. The van der Waals surface area contributed by atoms with Gasteiger partial charge in [-0.2, -0.15) is 0 Å². The summed E-state index contributed by atoms with van der Waals surface area (Å²) in [5.41, 5.74) is 2.62. The van der Waals surface area contributed by atoms with Gasteiger partial charge < -0.3 is 15.2 Å². The van der Waals surface area contributed by atoms with Crippen LogP contribution >= 0.6 is 0 Å². The van der Waals surface area contributed by atoms with Crippen molar-refractivity contribution in [2.45, 2.75) is 24.9 Å². The van der Waals surface area contributed by atoms with E-state index in [-0.39, 0.29) is 0 Å². The number of aromatic amines is 1. The molecule has 3 heteroatoms. The number of H-pyrrole nitrogens is 1. The Kier molecular flexibility index (Phi) is 3.10. The number of benzene rings is 1. The summed E-state index contributed by atoms with van der Waals surface area (Å²) in [5, 5.41) is 4.98. The Bertz CT molecular complexity index is 525. The minimum absolute atomic E-state index is 0.432. The maximum atomic E-state index is 3.64. The average Bonchev–Trinajstić information content (AvgIpc) is 3.09. The van der Waals surface area contributed by atoms with Crippen molar-refractivity contribution in [1.29, 1.82) is 0 Å². The molecule has 0 saturated heterocycles. The monoisotopic (exact) mass is 243 g/mol. The van der Waals surface area contributed by atoms with Crippen molar-refractivity contribution in [1.82, 2.24) is 15.2 Å². The molecule has 2 aromatic rings. The molecule has 1 fully saturated rings. The largest absolute Gasteiger partial charge is 0.361 e. The highest BCUT2D eigenvalue weighted by molar-refractivity contribution is 5.83. The Morgan fingerprint density at radius 1 is 1.33 bits per heavy atom. The molecule has 1 aliphatic carbocycles. The standard InChI is InChI=1S/C15H21N3/c1-18(2)15(10-16-11-7-8-11)13-9-17-14-6-4-3-5-12(13)14/h3-6,9,11,15-17H,7-8,10H2,1-2H3. The fourth-order valence-electron chi connectivity index (χ4n) is 2.51. The second-order valence-electron chi connectivity index (χ2n) is 5.45. The maximum absolute atomic E-state index is 3.64. The molecule has 3 nitrogen and oxygen atoms in total. The van der Waals surface area contributed by atoms with E-state index in [1.807, 2.05) is 0 Å². The molecule has 0 spiro atoms. The first-order valence-corrected chi connectivity index (χ1v) is 6.71. The van der Waals surface area contributed by atoms with Crippen molar-refractivity contribution < 1.29 is 0 Å². The lowest BCUT2D eigenvalue weighted by Gasteiger charge is -2.24. The van der Waals surface area contributed by atoms with Gasteiger partial charge in [0.15, 0.2) is 0 Å². The van der Waals surface area contributed by atoms with Crippen molar-refractivity contribution >= 4 is 10.9 Å². The van der Waals surface area contributed by atoms with Crippen LogP contribution < -0.4 is 5.32 Å². The molecular weight excluding hydrogens is 222 g/mol. The molecule has 18 heavy (non-hydrogen) atoms. The van der Waals surface area contributed by atoms with E-state index in [0.29, 0.717) is 6.04 Å². The van der Waals surface area contributed by atoms with Gasteiger partial charge in [0.2, 0.25) is 0 Å². The topological polar surface area (TPSA) is 31.1 Å². The van der Waals surface area contributed by atoms with Gasteiger partial charge in [0.25, 0.3) is 0 Å². The fraction of sp³-hybridized carbons (Fsp3) is 0.467. The van der Waals surface area contributed by atoms with Crippen molar-refractivity contribution in [3.63, 3.8) is 0 Å². The lowest BCUT2D eigenvalue weighted by molar-refractivity contribution is 0.290. The van der Waals surface area contributed by atoms with E-state index in [9.17, 15) is 0 Å². The summed E-state index contributed by atoms with van der Waals surface area (Å²) in [6.07, 6.45) is 4.84. The lowest BCUT2D eigenvalue weighted by atomic mass is 10.0. The van der Waals surface area contributed by atoms with Gasteiger partial charge in [-0.15, -0.1) is 0 Å². The third-order valence-electron chi connectivity index (χ3n) is 3.78. The summed E-state index contributed by atoms with van der Waals surface area (Å²) in [4.78, 5) is 5.67. The predicted octanol–water partition coefficient (Wildman–Crippen LogP) is 2.52. The predicted molar refractivity (Wildman–Crippen MR) is 75.8 cm³/mol. The van der Waals surface area contributed by atoms with Crippen LogP contribution in [0.4, 0.5) is 0 Å². The van der Waals surface area contributed by atoms with Crippen LogP contribution in [0.2, 0.25) is 0 Å². The van der Waals surface area contributed by atoms with Crippen molar-refractivity contribution in [2.24, 2.45) is 0 Å². The molecule has 96 valence electrons. The average molecular weight is 243 g/mol. The highest BCUT2D eigenvalue weighted by Gasteiger charge is 2.24. The minimum atomic E-state index is 0.432. The van der Waals surface area contributed by atoms with E-state index >= 15 is 0 Å². The zero-order valence-electron chi connectivity index (χ0n) is 11.1. The Labute approximate surface area is 108 Å². The number of para-hydroxylation sites is 1. The van der Waals surface area contributed by atoms with Gasteiger partial charge in [0.05, 0.1) is 0 Å². The van der Waals surface area contributed by atoms with Crippen LogP contribution in [0, 0.1) is 0 Å². The minimum Gasteiger partial charge on any atom is -0.361 e. The van der Waals surface area contributed by atoms with Gasteiger partial charge in [-0.3, -0.25) is 0 Å². The molecule has 1 aromatic carbocycles. The summed E-state index contributed by atoms with van der Waals surface area (Å²) in [5.74, 6) is 0. The van der Waals surface area contributed by atoms with Crippen LogP contribution in [0.15, 0.2) is 30.5 Å². The number of rotatable bonds is 5. The molecule has 1 aromatic heterocycles. The van der Waals surface area contributed by atoms with E-state index in [0.717, 1.165) is 12.6 Å². The third kappa shape index (κ3) is 2.28. The van der Waals surface area contributed by atoms with Gasteiger partial charge >= 0.3 is 0 Å². The highest BCUT2D eigenvalue weighted by atomic mass is 15.1. The zero-order valence-corrected chi connectivity index (χ0v) is 11.1. The van der Waals surface area contributed by atoms with E-state index in [4.69, 9.17) is 0 Å². The molecule has 1 atom stereocenters. The van der Waals surface area contributed by atoms with Crippen LogP contribution in [0.5, 0.6) is 0 Å². The number of nitrogens with zero attached hydrogens (tertiary/aromatic N) is 1. The van der Waals surface area contributed by atoms with Gasteiger partial charge in [0, 0.05) is 35.7 Å². The second kappa shape index (κ2) is 4.75. The van der Waals surface area contributed by atoms with E-state index < -0.39 is 0 Å². The Balaban J connectivity index is 1.87. The third-order valence-corrected chi connectivity index (χ3v) is 3.78. The van der Waals surface area contributed by atoms with Gasteiger partial charge in [0.1, 0.15) is 0 Å².